The summed E-state index contributed by atoms with van der Waals surface area (Å²) in [4.78, 5) is 26.4. The van der Waals surface area contributed by atoms with Gasteiger partial charge in [-0.3, -0.25) is 9.59 Å². The molecule has 66 heavy (non-hydrogen) atoms. The molecule has 0 saturated carbocycles. The number of Topliss-reactive ketones (excluding diaryl/α,β-unsaturated/α-hetero) is 1. The smallest absolute Gasteiger partial charge is 0.246 e. The molecule has 0 bridgehead atoms. The number of aryl methyl sites for hydroxylation is 1. The van der Waals surface area contributed by atoms with E-state index in [1.165, 1.54) is 76.7 Å². The van der Waals surface area contributed by atoms with Crippen molar-refractivity contribution in [3.63, 3.8) is 0 Å². The number of hydrogen-bond donors (Lipinski definition) is 2. The molecule has 1 amide bonds. The van der Waals surface area contributed by atoms with Gasteiger partial charge in [0.05, 0.1) is 0 Å². The van der Waals surface area contributed by atoms with Gasteiger partial charge in [0, 0.05) is 68.1 Å². The highest BCUT2D eigenvalue weighted by atomic mass is 28.3. The van der Waals surface area contributed by atoms with Gasteiger partial charge in [0.2, 0.25) is 5.91 Å². The van der Waals surface area contributed by atoms with E-state index in [9.17, 15) is 9.59 Å². The first-order chi connectivity index (χ1) is 31.6. The second-order valence-electron chi connectivity index (χ2n) is 19.0. The van der Waals surface area contributed by atoms with Gasteiger partial charge in [0.25, 0.3) is 0 Å². The first-order valence-corrected chi connectivity index (χ1v) is 26.6. The lowest BCUT2D eigenvalue weighted by Gasteiger charge is -2.38. The van der Waals surface area contributed by atoms with Crippen molar-refractivity contribution in [2.45, 2.75) is 78.4 Å². The van der Waals surface area contributed by atoms with Gasteiger partial charge in [-0.1, -0.05) is 99.5 Å². The van der Waals surface area contributed by atoms with Crippen molar-refractivity contribution in [1.29, 1.82) is 0 Å². The van der Waals surface area contributed by atoms with Crippen molar-refractivity contribution in [1.82, 2.24) is 10.6 Å². The van der Waals surface area contributed by atoms with Gasteiger partial charge in [0.1, 0.15) is 22.2 Å². The number of amides is 1. The highest BCUT2D eigenvalue weighted by Crippen LogP contribution is 2.42. The van der Waals surface area contributed by atoms with Crippen molar-refractivity contribution in [3.8, 4) is 11.8 Å². The Balaban J connectivity index is 1.20. The number of hydrogen-bond acceptors (Lipinski definition) is 4. The number of anilines is 1. The molecular weight excluding hydrogens is 825 g/mol. The predicted octanol–water partition coefficient (Wildman–Crippen LogP) is 10.7. The van der Waals surface area contributed by atoms with Crippen LogP contribution < -0.4 is 20.7 Å². The molecule has 1 aliphatic carbocycles. The molecule has 2 aliphatic rings. The topological polar surface area (TPSA) is 64.5 Å². The minimum absolute atomic E-state index is 0.0992. The van der Waals surface area contributed by atoms with Crippen molar-refractivity contribution >= 4 is 63.5 Å². The maximum atomic E-state index is 12.2. The fourth-order valence-corrected chi connectivity index (χ4v) is 12.5. The van der Waals surface area contributed by atoms with Crippen LogP contribution >= 0.6 is 0 Å². The summed E-state index contributed by atoms with van der Waals surface area (Å²) >= 11 is 0. The third-order valence-electron chi connectivity index (χ3n) is 13.3. The van der Waals surface area contributed by atoms with E-state index in [2.05, 4.69) is 190 Å². The van der Waals surface area contributed by atoms with E-state index in [1.54, 1.807) is 13.8 Å². The van der Waals surface area contributed by atoms with Crippen LogP contribution in [-0.2, 0) is 22.6 Å². The van der Waals surface area contributed by atoms with Crippen LogP contribution in [0.2, 0.25) is 13.1 Å². The normalized spacial score (nSPS) is 13.7. The average molecular weight is 892 g/mol. The summed E-state index contributed by atoms with van der Waals surface area (Å²) in [6.07, 6.45) is 13.4. The summed E-state index contributed by atoms with van der Waals surface area (Å²) in [5, 5.41) is 14.6. The zero-order chi connectivity index (χ0) is 47.1. The number of benzene rings is 5. The SMILES string of the molecule is C=C(C)C(=O)CCCCCCc1c2ccccc2c(CNCCCNC(=O)C(=C)C)c2ccc(C#Cc3ccc(C4=C5C=CC(=[N+](C)C)C=C5[Si](C)(C)c5cc(N(C)C)ccc54)cc3)cc12. The van der Waals surface area contributed by atoms with E-state index in [1.807, 2.05) is 0 Å². The highest BCUT2D eigenvalue weighted by Gasteiger charge is 2.40. The number of rotatable bonds is 17. The van der Waals surface area contributed by atoms with Gasteiger partial charge in [-0.25, -0.2) is 4.58 Å². The first-order valence-electron chi connectivity index (χ1n) is 23.6. The summed E-state index contributed by atoms with van der Waals surface area (Å²) in [6, 6.07) is 31.4. The van der Waals surface area contributed by atoms with Gasteiger partial charge in [-0.05, 0) is 159 Å². The number of unbranched alkanes of at least 4 members (excludes halogenated alkanes) is 3. The molecule has 0 spiro atoms. The van der Waals surface area contributed by atoms with E-state index in [4.69, 9.17) is 0 Å². The number of allylic oxidation sites excluding steroid dienone is 6. The second kappa shape index (κ2) is 20.9. The Kier molecular flexibility index (Phi) is 15.1. The van der Waals surface area contributed by atoms with E-state index in [-0.39, 0.29) is 11.7 Å². The maximum absolute atomic E-state index is 12.2. The fourth-order valence-electron chi connectivity index (χ4n) is 9.38. The van der Waals surface area contributed by atoms with E-state index in [0.29, 0.717) is 30.7 Å². The molecule has 6 nitrogen and oxygen atoms in total. The molecular formula is C59H67N4O2Si+. The Bertz CT molecular complexity index is 2930. The van der Waals surface area contributed by atoms with Crippen LogP contribution in [0.25, 0.3) is 27.1 Å². The van der Waals surface area contributed by atoms with Gasteiger partial charge in [-0.15, -0.1) is 0 Å². The van der Waals surface area contributed by atoms with Crippen molar-refractivity contribution in [2.75, 3.05) is 46.2 Å². The molecule has 338 valence electrons. The van der Waals surface area contributed by atoms with Crippen LogP contribution in [0.1, 0.15) is 85.8 Å². The van der Waals surface area contributed by atoms with Gasteiger partial charge >= 0.3 is 0 Å². The Labute approximate surface area is 394 Å². The monoisotopic (exact) mass is 892 g/mol. The third-order valence-corrected chi connectivity index (χ3v) is 16.8. The van der Waals surface area contributed by atoms with Crippen LogP contribution in [0.15, 0.2) is 138 Å². The molecule has 0 fully saturated rings. The third kappa shape index (κ3) is 10.5. The van der Waals surface area contributed by atoms with Crippen LogP contribution in [0.5, 0.6) is 0 Å². The molecule has 0 saturated heterocycles. The molecule has 7 rings (SSSR count). The van der Waals surface area contributed by atoms with Crippen LogP contribution in [0.4, 0.5) is 5.69 Å². The summed E-state index contributed by atoms with van der Waals surface area (Å²) in [6.45, 7) is 18.2. The molecule has 1 heterocycles. The molecule has 5 aromatic carbocycles. The van der Waals surface area contributed by atoms with Crippen LogP contribution in [-0.4, -0.2) is 71.3 Å². The lowest BCUT2D eigenvalue weighted by atomic mass is 9.88. The molecule has 0 atom stereocenters. The number of fused-ring (bicyclic) bond motifs is 4. The van der Waals surface area contributed by atoms with Crippen molar-refractivity contribution in [2.24, 2.45) is 0 Å². The summed E-state index contributed by atoms with van der Waals surface area (Å²) in [7, 11) is 6.46. The zero-order valence-corrected chi connectivity index (χ0v) is 41.5. The van der Waals surface area contributed by atoms with E-state index >= 15 is 0 Å². The lowest BCUT2D eigenvalue weighted by Crippen LogP contribution is -2.49. The summed E-state index contributed by atoms with van der Waals surface area (Å²) < 4.78 is 2.21. The molecule has 1 aliphatic heterocycles. The summed E-state index contributed by atoms with van der Waals surface area (Å²) in [5.41, 5.74) is 13.4. The quantitative estimate of drug-likeness (QED) is 0.0244. The largest absolute Gasteiger partial charge is 0.378 e. The molecule has 5 aromatic rings. The van der Waals surface area contributed by atoms with Gasteiger partial charge < -0.3 is 15.5 Å². The highest BCUT2D eigenvalue weighted by molar-refractivity contribution is 6.98. The minimum Gasteiger partial charge on any atom is -0.378 e. The molecule has 0 radical (unpaired) electrons. The maximum Gasteiger partial charge on any atom is 0.246 e. The number of nitrogens with zero attached hydrogens (tertiary/aromatic N) is 2. The fraction of sp³-hybridized carbons (Fsp3) is 0.305. The number of carbonyl (C=O) groups excluding carboxylic acids is 2. The molecule has 2 N–H and O–H groups in total. The number of carbonyl (C=O) groups is 2. The molecule has 0 unspecified atom stereocenters. The average Bonchev–Trinajstić information content (AvgIpc) is 3.30. The van der Waals surface area contributed by atoms with Crippen LogP contribution in [0, 0.1) is 11.8 Å². The van der Waals surface area contributed by atoms with Gasteiger partial charge in [0.15, 0.2) is 11.5 Å². The molecule has 0 aromatic heterocycles. The number of ketones is 1. The minimum atomic E-state index is -2.03. The van der Waals surface area contributed by atoms with Gasteiger partial charge in [-0.2, -0.15) is 0 Å². The molecule has 7 heteroatoms. The second-order valence-corrected chi connectivity index (χ2v) is 23.4. The van der Waals surface area contributed by atoms with E-state index < -0.39 is 8.07 Å². The standard InChI is InChI=1S/C59H66N4O2Si/c1-40(2)55(64)21-14-12-11-13-18-48-47-19-15-16-20-49(47)54(39-60-34-17-35-61-59(65)41(3)4)50-31-26-43(36-53(48)50)23-22-42-24-27-44(28-25-42)58-51-32-29-45(62(5)6)37-56(51)66(9,10)57-38-46(63(7)8)30-33-52(57)58/h15-16,19-20,24-33,36-38,60H,1,3,11-14,17-18,21,34-35,39H2,2,4-10H3/p+1. The van der Waals surface area contributed by atoms with Crippen molar-refractivity contribution < 1.29 is 14.2 Å². The van der Waals surface area contributed by atoms with E-state index in [0.717, 1.165) is 56.2 Å². The Morgan fingerprint density at radius 1 is 0.727 bits per heavy atom. The first kappa shape index (κ1) is 47.6. The Morgan fingerprint density at radius 3 is 2.11 bits per heavy atom. The Morgan fingerprint density at radius 2 is 1.41 bits per heavy atom. The Hall–Kier alpha value is -6.33. The van der Waals surface area contributed by atoms with Crippen molar-refractivity contribution in [3.05, 3.63) is 172 Å². The lowest BCUT2D eigenvalue weighted by molar-refractivity contribution is -0.462. The summed E-state index contributed by atoms with van der Waals surface area (Å²) in [5.74, 6) is 7.15. The number of nitrogens with one attached hydrogen (secondary N) is 2. The zero-order valence-electron chi connectivity index (χ0n) is 40.5. The van der Waals surface area contributed by atoms with Crippen LogP contribution in [0.3, 0.4) is 0 Å². The predicted molar refractivity (Wildman–Crippen MR) is 283 cm³/mol.